The Morgan fingerprint density at radius 2 is 2.17 bits per heavy atom. The number of aromatic nitrogens is 2. The molecule has 1 saturated heterocycles. The molecule has 0 unspecified atom stereocenters. The topological polar surface area (TPSA) is 70.6 Å². The lowest BCUT2D eigenvalue weighted by Gasteiger charge is -2.24. The van der Waals surface area contributed by atoms with Gasteiger partial charge in [0.25, 0.3) is 0 Å². The highest BCUT2D eigenvalue weighted by molar-refractivity contribution is 6.32. The monoisotopic (exact) mass is 341 g/mol. The molecule has 0 aromatic carbocycles. The zero-order chi connectivity index (χ0) is 17.2. The Labute approximate surface area is 142 Å². The molecule has 2 heterocycles. The number of anilines is 2. The summed E-state index contributed by atoms with van der Waals surface area (Å²) in [5.41, 5.74) is -0.484. The van der Waals surface area contributed by atoms with Gasteiger partial charge in [-0.15, -0.1) is 0 Å². The molecule has 1 fully saturated rings. The molecule has 8 heteroatoms. The summed E-state index contributed by atoms with van der Waals surface area (Å²) in [6.07, 6.45) is 2.11. The van der Waals surface area contributed by atoms with Crippen molar-refractivity contribution in [2.75, 3.05) is 37.4 Å². The summed E-state index contributed by atoms with van der Waals surface area (Å²) in [7, 11) is 3.75. The average molecular weight is 342 g/mol. The van der Waals surface area contributed by atoms with E-state index in [1.165, 1.54) is 0 Å². The third-order valence-corrected chi connectivity index (χ3v) is 3.59. The second-order valence-corrected chi connectivity index (χ2v) is 7.22. The van der Waals surface area contributed by atoms with E-state index in [-0.39, 0.29) is 12.1 Å². The van der Waals surface area contributed by atoms with Crippen molar-refractivity contribution in [3.8, 4) is 0 Å². The zero-order valence-corrected chi connectivity index (χ0v) is 15.0. The first kappa shape index (κ1) is 17.6. The van der Waals surface area contributed by atoms with Gasteiger partial charge in [-0.25, -0.2) is 9.78 Å². The lowest BCUT2D eigenvalue weighted by atomic mass is 10.2. The number of hydrogen-bond acceptors (Lipinski definition) is 6. The number of nitrogens with zero attached hydrogens (tertiary/aromatic N) is 4. The van der Waals surface area contributed by atoms with Crippen LogP contribution < -0.4 is 10.2 Å². The molecule has 7 nitrogen and oxygen atoms in total. The molecule has 1 aromatic heterocycles. The summed E-state index contributed by atoms with van der Waals surface area (Å²) in [6, 6.07) is 0.0960. The van der Waals surface area contributed by atoms with Crippen LogP contribution in [0.4, 0.5) is 16.6 Å². The van der Waals surface area contributed by atoms with E-state index in [4.69, 9.17) is 16.3 Å². The zero-order valence-electron chi connectivity index (χ0n) is 14.3. The van der Waals surface area contributed by atoms with Gasteiger partial charge in [0.15, 0.2) is 5.82 Å². The van der Waals surface area contributed by atoms with Crippen LogP contribution in [-0.4, -0.2) is 59.8 Å². The van der Waals surface area contributed by atoms with Crippen molar-refractivity contribution in [2.45, 2.75) is 38.8 Å². The van der Waals surface area contributed by atoms with Crippen LogP contribution in [0.5, 0.6) is 0 Å². The van der Waals surface area contributed by atoms with Gasteiger partial charge in [-0.3, -0.25) is 0 Å². The number of hydrogen-bond donors (Lipinski definition) is 1. The number of halogens is 1. The second-order valence-electron chi connectivity index (χ2n) is 6.82. The Morgan fingerprint density at radius 3 is 2.78 bits per heavy atom. The lowest BCUT2D eigenvalue weighted by molar-refractivity contribution is 0.0293. The van der Waals surface area contributed by atoms with Gasteiger partial charge in [0.1, 0.15) is 10.6 Å². The van der Waals surface area contributed by atoms with Crippen LogP contribution in [0, 0.1) is 0 Å². The molecule has 0 bridgehead atoms. The second kappa shape index (κ2) is 6.78. The highest BCUT2D eigenvalue weighted by atomic mass is 35.5. The van der Waals surface area contributed by atoms with E-state index in [9.17, 15) is 4.79 Å². The third-order valence-electron chi connectivity index (χ3n) is 3.32. The Bertz CT molecular complexity index is 573. The van der Waals surface area contributed by atoms with E-state index >= 15 is 0 Å². The summed E-state index contributed by atoms with van der Waals surface area (Å²) >= 11 is 6.07. The van der Waals surface area contributed by atoms with Crippen LogP contribution in [0.25, 0.3) is 0 Å². The Morgan fingerprint density at radius 1 is 1.48 bits per heavy atom. The van der Waals surface area contributed by atoms with Crippen molar-refractivity contribution in [3.63, 3.8) is 0 Å². The highest BCUT2D eigenvalue weighted by Gasteiger charge is 2.30. The molecule has 1 atom stereocenters. The first-order valence-corrected chi connectivity index (χ1v) is 7.98. The van der Waals surface area contributed by atoms with Crippen molar-refractivity contribution >= 4 is 29.5 Å². The maximum absolute atomic E-state index is 12.1. The standard InChI is InChI=1S/C15H24ClN5O2/c1-15(2,3)23-14(22)21-7-6-10(9-21)18-13-17-8-11(16)12(19-13)20(4)5/h8,10H,6-7,9H2,1-5H3,(H,17,18,19)/t10-/m0/s1. The van der Waals surface area contributed by atoms with E-state index in [0.29, 0.717) is 29.9 Å². The van der Waals surface area contributed by atoms with Gasteiger partial charge < -0.3 is 19.9 Å². The maximum atomic E-state index is 12.1. The number of rotatable bonds is 3. The van der Waals surface area contributed by atoms with Crippen molar-refractivity contribution < 1.29 is 9.53 Å². The molecule has 1 N–H and O–H groups in total. The highest BCUT2D eigenvalue weighted by Crippen LogP contribution is 2.23. The summed E-state index contributed by atoms with van der Waals surface area (Å²) in [5, 5.41) is 3.76. The molecule has 1 aromatic rings. The molecule has 2 rings (SSSR count). The van der Waals surface area contributed by atoms with Crippen LogP contribution in [0.15, 0.2) is 6.20 Å². The van der Waals surface area contributed by atoms with E-state index in [1.54, 1.807) is 11.1 Å². The van der Waals surface area contributed by atoms with E-state index in [2.05, 4.69) is 15.3 Å². The normalized spacial score (nSPS) is 18.0. The maximum Gasteiger partial charge on any atom is 0.410 e. The Hall–Kier alpha value is -1.76. The molecular formula is C15H24ClN5O2. The Balaban J connectivity index is 1.96. The van der Waals surface area contributed by atoms with Crippen molar-refractivity contribution in [1.82, 2.24) is 14.9 Å². The van der Waals surface area contributed by atoms with Crippen LogP contribution >= 0.6 is 11.6 Å². The van der Waals surface area contributed by atoms with Gasteiger partial charge in [-0.1, -0.05) is 11.6 Å². The SMILES string of the molecule is CN(C)c1nc(N[C@H]2CCN(C(=O)OC(C)(C)C)C2)ncc1Cl. The largest absolute Gasteiger partial charge is 0.444 e. The predicted molar refractivity (Wildman–Crippen MR) is 91.2 cm³/mol. The number of ether oxygens (including phenoxy) is 1. The van der Waals surface area contributed by atoms with E-state index in [0.717, 1.165) is 6.42 Å². The van der Waals surface area contributed by atoms with Gasteiger partial charge in [0, 0.05) is 33.2 Å². The first-order chi connectivity index (χ1) is 10.7. The summed E-state index contributed by atoms with van der Waals surface area (Å²) in [6.45, 7) is 6.81. The van der Waals surface area contributed by atoms with E-state index in [1.807, 2.05) is 39.8 Å². The van der Waals surface area contributed by atoms with Gasteiger partial charge in [-0.05, 0) is 27.2 Å². The smallest absolute Gasteiger partial charge is 0.410 e. The van der Waals surface area contributed by atoms with Crippen LogP contribution in [0.1, 0.15) is 27.2 Å². The fraction of sp³-hybridized carbons (Fsp3) is 0.667. The van der Waals surface area contributed by atoms with Gasteiger partial charge in [0.2, 0.25) is 5.95 Å². The molecular weight excluding hydrogens is 318 g/mol. The minimum absolute atomic E-state index is 0.0960. The summed E-state index contributed by atoms with van der Waals surface area (Å²) < 4.78 is 5.39. The molecule has 0 aliphatic carbocycles. The molecule has 128 valence electrons. The van der Waals surface area contributed by atoms with Gasteiger partial charge in [0.05, 0.1) is 6.20 Å². The Kier molecular flexibility index (Phi) is 5.19. The predicted octanol–water partition coefficient (Wildman–Crippen LogP) is 2.62. The molecule has 1 aliphatic heterocycles. The number of carbonyl (C=O) groups excluding carboxylic acids is 1. The van der Waals surface area contributed by atoms with Crippen molar-refractivity contribution in [1.29, 1.82) is 0 Å². The lowest BCUT2D eigenvalue weighted by Crippen LogP contribution is -2.36. The summed E-state index contributed by atoms with van der Waals surface area (Å²) in [4.78, 5) is 24.2. The first-order valence-electron chi connectivity index (χ1n) is 7.60. The summed E-state index contributed by atoms with van der Waals surface area (Å²) in [5.74, 6) is 1.17. The minimum Gasteiger partial charge on any atom is -0.444 e. The molecule has 23 heavy (non-hydrogen) atoms. The minimum atomic E-state index is -0.484. The molecule has 0 radical (unpaired) electrons. The van der Waals surface area contributed by atoms with E-state index < -0.39 is 5.60 Å². The fourth-order valence-corrected chi connectivity index (χ4v) is 2.55. The van der Waals surface area contributed by atoms with Crippen LogP contribution in [0.3, 0.4) is 0 Å². The quantitative estimate of drug-likeness (QED) is 0.911. The van der Waals surface area contributed by atoms with Crippen molar-refractivity contribution in [2.24, 2.45) is 0 Å². The number of likely N-dealkylation sites (tertiary alicyclic amines) is 1. The molecule has 1 amide bonds. The molecule has 0 saturated carbocycles. The molecule has 0 spiro atoms. The third kappa shape index (κ3) is 4.86. The average Bonchev–Trinajstić information content (AvgIpc) is 2.87. The number of carbonyl (C=O) groups is 1. The molecule has 1 aliphatic rings. The van der Waals surface area contributed by atoms with Crippen LogP contribution in [-0.2, 0) is 4.74 Å². The number of nitrogens with one attached hydrogen (secondary N) is 1. The van der Waals surface area contributed by atoms with Gasteiger partial charge in [-0.2, -0.15) is 4.98 Å². The van der Waals surface area contributed by atoms with Crippen molar-refractivity contribution in [3.05, 3.63) is 11.2 Å². The number of amides is 1. The van der Waals surface area contributed by atoms with Crippen LogP contribution in [0.2, 0.25) is 5.02 Å². The fourth-order valence-electron chi connectivity index (χ4n) is 2.29. The van der Waals surface area contributed by atoms with Gasteiger partial charge >= 0.3 is 6.09 Å².